The fourth-order valence-corrected chi connectivity index (χ4v) is 1.72. The first-order valence-electron chi connectivity index (χ1n) is 5.98. The molecular weight excluding hydrogens is 256 g/mol. The standard InChI is InChI=1S/C16H14O4/c1-20-16-10-14(18)8-4-12(16)5-9-15(19)11-2-6-13(17)7-3-11/h2-10,17-18H,1H3/b9-5-. The van der Waals surface area contributed by atoms with Gasteiger partial charge < -0.3 is 14.9 Å². The van der Waals surface area contributed by atoms with Gasteiger partial charge in [-0.1, -0.05) is 0 Å². The summed E-state index contributed by atoms with van der Waals surface area (Å²) < 4.78 is 5.12. The highest BCUT2D eigenvalue weighted by atomic mass is 16.5. The predicted molar refractivity (Wildman–Crippen MR) is 76.1 cm³/mol. The Morgan fingerprint density at radius 3 is 2.35 bits per heavy atom. The van der Waals surface area contributed by atoms with Crippen molar-refractivity contribution in [2.24, 2.45) is 0 Å². The van der Waals surface area contributed by atoms with Gasteiger partial charge in [0.2, 0.25) is 0 Å². The van der Waals surface area contributed by atoms with Crippen molar-refractivity contribution < 1.29 is 19.7 Å². The molecule has 2 aromatic carbocycles. The van der Waals surface area contributed by atoms with Crippen LogP contribution in [-0.4, -0.2) is 23.1 Å². The molecule has 20 heavy (non-hydrogen) atoms. The van der Waals surface area contributed by atoms with Crippen LogP contribution >= 0.6 is 0 Å². The van der Waals surface area contributed by atoms with Crippen LogP contribution in [0, 0.1) is 0 Å². The molecule has 0 aromatic heterocycles. The number of rotatable bonds is 4. The molecule has 2 aromatic rings. The second-order valence-corrected chi connectivity index (χ2v) is 4.17. The number of ether oxygens (including phenoxy) is 1. The third-order valence-electron chi connectivity index (χ3n) is 2.78. The summed E-state index contributed by atoms with van der Waals surface area (Å²) in [7, 11) is 1.49. The van der Waals surface area contributed by atoms with Crippen LogP contribution in [-0.2, 0) is 0 Å². The third-order valence-corrected chi connectivity index (χ3v) is 2.78. The number of carbonyl (C=O) groups is 1. The van der Waals surface area contributed by atoms with E-state index in [0.717, 1.165) is 0 Å². The highest BCUT2D eigenvalue weighted by Crippen LogP contribution is 2.25. The molecule has 0 bridgehead atoms. The first-order valence-corrected chi connectivity index (χ1v) is 5.98. The smallest absolute Gasteiger partial charge is 0.185 e. The van der Waals surface area contributed by atoms with Crippen LogP contribution in [0.25, 0.3) is 6.08 Å². The Morgan fingerprint density at radius 2 is 1.70 bits per heavy atom. The van der Waals surface area contributed by atoms with Crippen molar-refractivity contribution in [3.05, 3.63) is 59.7 Å². The van der Waals surface area contributed by atoms with Crippen molar-refractivity contribution >= 4 is 11.9 Å². The summed E-state index contributed by atoms with van der Waals surface area (Å²) in [6, 6.07) is 10.7. The lowest BCUT2D eigenvalue weighted by atomic mass is 10.1. The van der Waals surface area contributed by atoms with E-state index in [9.17, 15) is 15.0 Å². The van der Waals surface area contributed by atoms with E-state index in [1.807, 2.05) is 0 Å². The van der Waals surface area contributed by atoms with Crippen molar-refractivity contribution in [1.82, 2.24) is 0 Å². The quantitative estimate of drug-likeness (QED) is 0.662. The van der Waals surface area contributed by atoms with Crippen LogP contribution < -0.4 is 4.74 Å². The van der Waals surface area contributed by atoms with Crippen molar-refractivity contribution in [3.63, 3.8) is 0 Å². The van der Waals surface area contributed by atoms with E-state index in [2.05, 4.69) is 0 Å². The summed E-state index contributed by atoms with van der Waals surface area (Å²) in [5, 5.41) is 18.5. The summed E-state index contributed by atoms with van der Waals surface area (Å²) in [6.07, 6.45) is 3.04. The van der Waals surface area contributed by atoms with Crippen LogP contribution in [0.3, 0.4) is 0 Å². The van der Waals surface area contributed by atoms with Crippen LogP contribution in [0.1, 0.15) is 15.9 Å². The highest BCUT2D eigenvalue weighted by molar-refractivity contribution is 6.07. The van der Waals surface area contributed by atoms with E-state index in [-0.39, 0.29) is 17.3 Å². The summed E-state index contributed by atoms with van der Waals surface area (Å²) in [5.41, 5.74) is 1.18. The second-order valence-electron chi connectivity index (χ2n) is 4.17. The third kappa shape index (κ3) is 3.17. The number of hydrogen-bond acceptors (Lipinski definition) is 4. The summed E-state index contributed by atoms with van der Waals surface area (Å²) >= 11 is 0. The molecular formula is C16H14O4. The number of hydrogen-bond donors (Lipinski definition) is 2. The minimum Gasteiger partial charge on any atom is -0.508 e. The minimum absolute atomic E-state index is 0.101. The molecule has 0 radical (unpaired) electrons. The summed E-state index contributed by atoms with van der Waals surface area (Å²) in [6.45, 7) is 0. The SMILES string of the molecule is COc1cc(O)ccc1/C=C\C(=O)c1ccc(O)cc1. The zero-order chi connectivity index (χ0) is 14.5. The minimum atomic E-state index is -0.180. The molecule has 0 heterocycles. The topological polar surface area (TPSA) is 66.8 Å². The lowest BCUT2D eigenvalue weighted by molar-refractivity contribution is 0.104. The van der Waals surface area contributed by atoms with Gasteiger partial charge in [0, 0.05) is 17.2 Å². The number of aromatic hydroxyl groups is 2. The molecule has 0 aliphatic heterocycles. The predicted octanol–water partition coefficient (Wildman–Crippen LogP) is 3.00. The zero-order valence-electron chi connectivity index (χ0n) is 10.9. The van der Waals surface area contributed by atoms with Gasteiger partial charge in [-0.15, -0.1) is 0 Å². The van der Waals surface area contributed by atoms with Gasteiger partial charge in [-0.3, -0.25) is 4.79 Å². The molecule has 0 saturated carbocycles. The Morgan fingerprint density at radius 1 is 1.05 bits per heavy atom. The molecule has 2 N–H and O–H groups in total. The van der Waals surface area contributed by atoms with E-state index < -0.39 is 0 Å². The Hall–Kier alpha value is -2.75. The van der Waals surface area contributed by atoms with E-state index in [1.54, 1.807) is 24.3 Å². The maximum Gasteiger partial charge on any atom is 0.185 e. The van der Waals surface area contributed by atoms with E-state index >= 15 is 0 Å². The molecule has 2 rings (SSSR count). The first kappa shape index (κ1) is 13.7. The van der Waals surface area contributed by atoms with Gasteiger partial charge in [0.15, 0.2) is 5.78 Å². The fourth-order valence-electron chi connectivity index (χ4n) is 1.72. The molecule has 0 aliphatic carbocycles. The van der Waals surface area contributed by atoms with Gasteiger partial charge in [0.05, 0.1) is 7.11 Å². The van der Waals surface area contributed by atoms with Crippen LogP contribution in [0.4, 0.5) is 0 Å². The van der Waals surface area contributed by atoms with Crippen molar-refractivity contribution in [1.29, 1.82) is 0 Å². The highest BCUT2D eigenvalue weighted by Gasteiger charge is 2.04. The van der Waals surface area contributed by atoms with Crippen LogP contribution in [0.5, 0.6) is 17.2 Å². The molecule has 0 aliphatic rings. The number of carbonyl (C=O) groups excluding carboxylic acids is 1. The molecule has 0 saturated heterocycles. The average molecular weight is 270 g/mol. The average Bonchev–Trinajstić information content (AvgIpc) is 2.46. The van der Waals surface area contributed by atoms with Crippen molar-refractivity contribution in [3.8, 4) is 17.2 Å². The molecule has 4 heteroatoms. The molecule has 0 spiro atoms. The Labute approximate surface area is 116 Å². The number of methoxy groups -OCH3 is 1. The van der Waals surface area contributed by atoms with Gasteiger partial charge in [0.25, 0.3) is 0 Å². The van der Waals surface area contributed by atoms with Gasteiger partial charge in [-0.05, 0) is 48.6 Å². The van der Waals surface area contributed by atoms with Gasteiger partial charge in [-0.2, -0.15) is 0 Å². The summed E-state index contributed by atoms with van der Waals surface area (Å²) in [4.78, 5) is 11.9. The molecule has 0 amide bonds. The number of allylic oxidation sites excluding steroid dienone is 1. The van der Waals surface area contributed by atoms with Gasteiger partial charge in [0.1, 0.15) is 17.2 Å². The van der Waals surface area contributed by atoms with E-state index in [0.29, 0.717) is 16.9 Å². The number of phenolic OH excluding ortho intramolecular Hbond substituents is 2. The zero-order valence-corrected chi connectivity index (χ0v) is 10.9. The number of benzene rings is 2. The Balaban J connectivity index is 2.21. The molecule has 0 fully saturated rings. The molecule has 102 valence electrons. The maximum absolute atomic E-state index is 11.9. The maximum atomic E-state index is 11.9. The van der Waals surface area contributed by atoms with Crippen LogP contribution in [0.15, 0.2) is 48.5 Å². The van der Waals surface area contributed by atoms with Gasteiger partial charge >= 0.3 is 0 Å². The van der Waals surface area contributed by atoms with Crippen molar-refractivity contribution in [2.75, 3.05) is 7.11 Å². The largest absolute Gasteiger partial charge is 0.508 e. The lowest BCUT2D eigenvalue weighted by Gasteiger charge is -2.04. The second kappa shape index (κ2) is 5.93. The van der Waals surface area contributed by atoms with E-state index in [4.69, 9.17) is 4.74 Å². The Bertz CT molecular complexity index is 642. The molecule has 0 unspecified atom stereocenters. The van der Waals surface area contributed by atoms with Gasteiger partial charge in [-0.25, -0.2) is 0 Å². The first-order chi connectivity index (χ1) is 9.60. The fraction of sp³-hybridized carbons (Fsp3) is 0.0625. The van der Waals surface area contributed by atoms with Crippen LogP contribution in [0.2, 0.25) is 0 Å². The monoisotopic (exact) mass is 270 g/mol. The molecule has 4 nitrogen and oxygen atoms in total. The lowest BCUT2D eigenvalue weighted by Crippen LogP contribution is -1.93. The van der Waals surface area contributed by atoms with E-state index in [1.165, 1.54) is 37.5 Å². The number of phenols is 2. The number of ketones is 1. The Kier molecular flexibility index (Phi) is 4.05. The normalized spacial score (nSPS) is 10.7. The molecule has 0 atom stereocenters. The van der Waals surface area contributed by atoms with Crippen molar-refractivity contribution in [2.45, 2.75) is 0 Å². The summed E-state index contributed by atoms with van der Waals surface area (Å²) in [5.74, 6) is 0.523.